The Morgan fingerprint density at radius 2 is 2.09 bits per heavy atom. The van der Waals surface area contributed by atoms with Crippen LogP contribution >= 0.6 is 23.4 Å². The third-order valence-corrected chi connectivity index (χ3v) is 7.47. The monoisotopic (exact) mass is 349 g/mol. The Bertz CT molecular complexity index is 600. The van der Waals surface area contributed by atoms with Crippen LogP contribution in [0.4, 0.5) is 5.69 Å². The molecule has 1 aromatic carbocycles. The number of halogens is 1. The molecule has 0 unspecified atom stereocenters. The van der Waals surface area contributed by atoms with Crippen LogP contribution in [-0.2, 0) is 4.79 Å². The highest BCUT2D eigenvalue weighted by atomic mass is 35.5. The van der Waals surface area contributed by atoms with Crippen LogP contribution in [0.2, 0.25) is 0 Å². The molecule has 0 saturated heterocycles. The molecule has 0 radical (unpaired) electrons. The largest absolute Gasteiger partial charge is 0.325 e. The van der Waals surface area contributed by atoms with Gasteiger partial charge in [-0.1, -0.05) is 43.2 Å². The molecule has 4 atom stereocenters. The average molecular weight is 350 g/mol. The Morgan fingerprint density at radius 3 is 2.70 bits per heavy atom. The molecule has 23 heavy (non-hydrogen) atoms. The van der Waals surface area contributed by atoms with Gasteiger partial charge in [0.1, 0.15) is 4.75 Å². The second-order valence-electron chi connectivity index (χ2n) is 6.61. The molecule has 3 rings (SSSR count). The summed E-state index contributed by atoms with van der Waals surface area (Å²) >= 11 is 8.53. The zero-order valence-electron chi connectivity index (χ0n) is 13.7. The van der Waals surface area contributed by atoms with Crippen molar-refractivity contribution < 1.29 is 4.79 Å². The molecule has 124 valence electrons. The van der Waals surface area contributed by atoms with Crippen molar-refractivity contribution in [2.75, 3.05) is 11.1 Å². The number of thioether (sulfide) groups is 1. The number of benzene rings is 1. The molecular weight excluding hydrogens is 326 g/mol. The Labute approximate surface area is 148 Å². The van der Waals surface area contributed by atoms with Gasteiger partial charge in [0.25, 0.3) is 0 Å². The van der Waals surface area contributed by atoms with E-state index in [0.29, 0.717) is 5.92 Å². The van der Waals surface area contributed by atoms with E-state index in [1.54, 1.807) is 11.8 Å². The van der Waals surface area contributed by atoms with Crippen LogP contribution in [0, 0.1) is 18.8 Å². The summed E-state index contributed by atoms with van der Waals surface area (Å²) in [5.74, 6) is 1.64. The van der Waals surface area contributed by atoms with Gasteiger partial charge in [0.15, 0.2) is 0 Å². The maximum atomic E-state index is 13.2. The van der Waals surface area contributed by atoms with Gasteiger partial charge in [0.2, 0.25) is 5.91 Å². The van der Waals surface area contributed by atoms with E-state index in [9.17, 15) is 4.79 Å². The number of amides is 1. The summed E-state index contributed by atoms with van der Waals surface area (Å²) < 4.78 is -0.527. The molecule has 1 fully saturated rings. The number of fused-ring (bicyclic) bond motifs is 2. The summed E-state index contributed by atoms with van der Waals surface area (Å²) in [6, 6.07) is 7.96. The van der Waals surface area contributed by atoms with Crippen LogP contribution in [0.1, 0.15) is 31.7 Å². The minimum atomic E-state index is -0.527. The second-order valence-corrected chi connectivity index (χ2v) is 8.45. The number of alkyl halides is 1. The number of aryl methyl sites for hydroxylation is 1. The van der Waals surface area contributed by atoms with Gasteiger partial charge in [0, 0.05) is 11.6 Å². The van der Waals surface area contributed by atoms with Gasteiger partial charge in [-0.05, 0) is 43.6 Å². The maximum Gasteiger partial charge on any atom is 0.242 e. The number of hydrogen-bond acceptors (Lipinski definition) is 2. The van der Waals surface area contributed by atoms with Gasteiger partial charge in [-0.3, -0.25) is 4.79 Å². The van der Waals surface area contributed by atoms with Crippen molar-refractivity contribution in [3.05, 3.63) is 42.0 Å². The van der Waals surface area contributed by atoms with Crippen molar-refractivity contribution in [2.24, 2.45) is 11.8 Å². The van der Waals surface area contributed by atoms with E-state index in [1.165, 1.54) is 5.56 Å². The number of unbranched alkanes of at least 4 members (excludes halogenated alkanes) is 1. The number of anilines is 1. The zero-order valence-corrected chi connectivity index (χ0v) is 15.3. The molecule has 2 aliphatic rings. The molecular formula is C19H24ClNOS. The molecule has 0 heterocycles. The second kappa shape index (κ2) is 6.90. The van der Waals surface area contributed by atoms with Crippen LogP contribution in [0.25, 0.3) is 0 Å². The van der Waals surface area contributed by atoms with E-state index >= 15 is 0 Å². The lowest BCUT2D eigenvalue weighted by Crippen LogP contribution is -2.50. The van der Waals surface area contributed by atoms with E-state index in [-0.39, 0.29) is 17.2 Å². The molecule has 0 aliphatic heterocycles. The van der Waals surface area contributed by atoms with Crippen molar-refractivity contribution in [3.63, 3.8) is 0 Å². The normalized spacial score (nSPS) is 31.5. The molecule has 2 bridgehead atoms. The SMILES string of the molecule is CCCCS[C@@]1(C(=O)Nc2ccc(C)cc2)[C@@H]2C=C[C@@H](C2)[C@H]1Cl. The van der Waals surface area contributed by atoms with Crippen molar-refractivity contribution in [1.82, 2.24) is 0 Å². The van der Waals surface area contributed by atoms with Crippen molar-refractivity contribution in [1.29, 1.82) is 0 Å². The van der Waals surface area contributed by atoms with Gasteiger partial charge >= 0.3 is 0 Å². The van der Waals surface area contributed by atoms with E-state index in [1.807, 2.05) is 31.2 Å². The van der Waals surface area contributed by atoms with E-state index < -0.39 is 4.75 Å². The van der Waals surface area contributed by atoms with Crippen molar-refractivity contribution in [2.45, 2.75) is 43.2 Å². The lowest BCUT2D eigenvalue weighted by molar-refractivity contribution is -0.118. The molecule has 4 heteroatoms. The number of allylic oxidation sites excluding steroid dienone is 2. The van der Waals surface area contributed by atoms with Crippen LogP contribution in [0.3, 0.4) is 0 Å². The molecule has 1 aromatic rings. The first-order chi connectivity index (χ1) is 11.1. The third kappa shape index (κ3) is 3.06. The molecule has 1 amide bonds. The van der Waals surface area contributed by atoms with Gasteiger partial charge in [-0.15, -0.1) is 23.4 Å². The van der Waals surface area contributed by atoms with E-state index in [4.69, 9.17) is 11.6 Å². The highest BCUT2D eigenvalue weighted by Gasteiger charge is 2.60. The number of carbonyl (C=O) groups is 1. The predicted molar refractivity (Wildman–Crippen MR) is 100 cm³/mol. The summed E-state index contributed by atoms with van der Waals surface area (Å²) in [5.41, 5.74) is 2.04. The smallest absolute Gasteiger partial charge is 0.242 e. The first-order valence-electron chi connectivity index (χ1n) is 8.42. The van der Waals surface area contributed by atoms with Crippen molar-refractivity contribution >= 4 is 35.0 Å². The van der Waals surface area contributed by atoms with Crippen LogP contribution in [-0.4, -0.2) is 21.8 Å². The number of rotatable bonds is 6. The minimum Gasteiger partial charge on any atom is -0.325 e. The summed E-state index contributed by atoms with van der Waals surface area (Å²) in [5, 5.41) is 3.00. The number of hydrogen-bond donors (Lipinski definition) is 1. The molecule has 2 nitrogen and oxygen atoms in total. The first kappa shape index (κ1) is 16.9. The lowest BCUT2D eigenvalue weighted by Gasteiger charge is -2.37. The van der Waals surface area contributed by atoms with Gasteiger partial charge in [-0.2, -0.15) is 0 Å². The predicted octanol–water partition coefficient (Wildman–Crippen LogP) is 5.02. The highest BCUT2D eigenvalue weighted by Crippen LogP contribution is 2.56. The van der Waals surface area contributed by atoms with E-state index in [0.717, 1.165) is 30.7 Å². The molecule has 0 spiro atoms. The standard InChI is InChI=1S/C19H24ClNOS/c1-3-4-11-23-19(15-8-7-14(12-15)17(19)20)18(22)21-16-9-5-13(2)6-10-16/h5-10,14-15,17H,3-4,11-12H2,1-2H3,(H,21,22)/t14-,15+,17+,19-/m0/s1. The Balaban J connectivity index is 1.82. The topological polar surface area (TPSA) is 29.1 Å². The maximum absolute atomic E-state index is 13.2. The van der Waals surface area contributed by atoms with Gasteiger partial charge < -0.3 is 5.32 Å². The fourth-order valence-electron chi connectivity index (χ4n) is 3.58. The molecule has 1 saturated carbocycles. The molecule has 2 aliphatic carbocycles. The Morgan fingerprint density at radius 1 is 1.35 bits per heavy atom. The van der Waals surface area contributed by atoms with Crippen molar-refractivity contribution in [3.8, 4) is 0 Å². The van der Waals surface area contributed by atoms with Gasteiger partial charge in [0.05, 0.1) is 5.38 Å². The van der Waals surface area contributed by atoms with E-state index in [2.05, 4.69) is 24.4 Å². The summed E-state index contributed by atoms with van der Waals surface area (Å²) in [4.78, 5) is 13.2. The van der Waals surface area contributed by atoms with Gasteiger partial charge in [-0.25, -0.2) is 0 Å². The summed E-state index contributed by atoms with van der Waals surface area (Å²) in [7, 11) is 0. The zero-order chi connectivity index (χ0) is 16.4. The lowest BCUT2D eigenvalue weighted by atomic mass is 9.90. The number of carbonyl (C=O) groups excluding carboxylic acids is 1. The Hall–Kier alpha value is -0.930. The van der Waals surface area contributed by atoms with Crippen LogP contribution in [0.15, 0.2) is 36.4 Å². The summed E-state index contributed by atoms with van der Waals surface area (Å²) in [6.07, 6.45) is 7.67. The van der Waals surface area contributed by atoms with Crippen LogP contribution in [0.5, 0.6) is 0 Å². The number of nitrogens with one attached hydrogen (secondary N) is 1. The first-order valence-corrected chi connectivity index (χ1v) is 9.84. The average Bonchev–Trinajstić information content (AvgIpc) is 3.12. The minimum absolute atomic E-state index is 0.0688. The summed E-state index contributed by atoms with van der Waals surface area (Å²) in [6.45, 7) is 4.22. The molecule has 0 aromatic heterocycles. The Kier molecular flexibility index (Phi) is 5.07. The fourth-order valence-corrected chi connectivity index (χ4v) is 5.89. The van der Waals surface area contributed by atoms with Crippen LogP contribution < -0.4 is 5.32 Å². The molecule has 1 N–H and O–H groups in total. The third-order valence-electron chi connectivity index (χ3n) is 4.96. The highest BCUT2D eigenvalue weighted by molar-refractivity contribution is 8.01. The fraction of sp³-hybridized carbons (Fsp3) is 0.526. The quantitative estimate of drug-likeness (QED) is 0.444.